The molecule has 0 aliphatic heterocycles. The largest absolute Gasteiger partial charge is 0.390 e. The molecule has 2 aliphatic rings. The molecule has 0 spiro atoms. The Hall–Kier alpha value is -0.670. The number of allylic oxidation sites excluding steroid dienone is 1. The third-order valence-corrected chi connectivity index (χ3v) is 4.35. The lowest BCUT2D eigenvalue weighted by molar-refractivity contribution is -0.139. The second-order valence-electron chi connectivity index (χ2n) is 6.82. The molecule has 2 aliphatic carbocycles. The highest BCUT2D eigenvalue weighted by atomic mass is 16.3. The number of rotatable bonds is 1. The van der Waals surface area contributed by atoms with E-state index in [0.29, 0.717) is 6.42 Å². The van der Waals surface area contributed by atoms with E-state index in [1.54, 1.807) is 6.08 Å². The molecule has 1 saturated carbocycles. The van der Waals surface area contributed by atoms with Gasteiger partial charge in [0.25, 0.3) is 0 Å². The molecule has 0 aromatic carbocycles. The van der Waals surface area contributed by atoms with Gasteiger partial charge in [0.15, 0.2) is 0 Å². The number of Topliss-reactive ketones (excluding diaryl/α,β-unsaturated/α-hetero) is 1. The topological polar surface area (TPSA) is 57.5 Å². The van der Waals surface area contributed by atoms with Crippen molar-refractivity contribution in [1.82, 2.24) is 0 Å². The lowest BCUT2D eigenvalue weighted by Gasteiger charge is -2.46. The van der Waals surface area contributed by atoms with Gasteiger partial charge in [0.05, 0.1) is 17.6 Å². The summed E-state index contributed by atoms with van der Waals surface area (Å²) < 4.78 is 0. The van der Waals surface area contributed by atoms with E-state index in [0.717, 1.165) is 31.3 Å². The molecule has 0 heterocycles. The summed E-state index contributed by atoms with van der Waals surface area (Å²) in [4.78, 5) is 12.8. The first-order valence-corrected chi connectivity index (χ1v) is 6.89. The molecule has 0 radical (unpaired) electrons. The van der Waals surface area contributed by atoms with E-state index in [1.165, 1.54) is 0 Å². The van der Waals surface area contributed by atoms with Crippen molar-refractivity contribution in [2.75, 3.05) is 0 Å². The van der Waals surface area contributed by atoms with E-state index in [1.807, 2.05) is 20.8 Å². The van der Waals surface area contributed by atoms with Crippen molar-refractivity contribution < 1.29 is 15.0 Å². The van der Waals surface area contributed by atoms with Gasteiger partial charge in [-0.2, -0.15) is 0 Å². The highest BCUT2D eigenvalue weighted by Crippen LogP contribution is 2.51. The Bertz CT molecular complexity index is 378. The van der Waals surface area contributed by atoms with Crippen molar-refractivity contribution in [2.45, 2.75) is 65.1 Å². The average Bonchev–Trinajstić information content (AvgIpc) is 2.28. The molecule has 0 amide bonds. The predicted octanol–water partition coefficient (Wildman–Crippen LogP) is 2.21. The summed E-state index contributed by atoms with van der Waals surface area (Å²) in [5.74, 6) is 0.215. The van der Waals surface area contributed by atoms with E-state index in [-0.39, 0.29) is 5.78 Å². The molecule has 3 atom stereocenters. The van der Waals surface area contributed by atoms with Gasteiger partial charge in [0.2, 0.25) is 0 Å². The second-order valence-corrected chi connectivity index (χ2v) is 6.82. The van der Waals surface area contributed by atoms with Crippen LogP contribution in [0.15, 0.2) is 11.6 Å². The van der Waals surface area contributed by atoms with E-state index in [4.69, 9.17) is 0 Å². The van der Waals surface area contributed by atoms with Crippen LogP contribution in [-0.4, -0.2) is 28.2 Å². The fourth-order valence-corrected chi connectivity index (χ4v) is 3.48. The molecule has 0 bridgehead atoms. The summed E-state index contributed by atoms with van der Waals surface area (Å²) in [6.45, 7) is 5.81. The Balaban J connectivity index is 2.43. The van der Waals surface area contributed by atoms with Gasteiger partial charge in [0, 0.05) is 5.41 Å². The molecule has 0 aromatic heterocycles. The molecule has 102 valence electrons. The average molecular weight is 252 g/mol. The Morgan fingerprint density at radius 1 is 1.33 bits per heavy atom. The summed E-state index contributed by atoms with van der Waals surface area (Å²) in [6, 6.07) is 0. The number of carbonyl (C=O) groups excluding carboxylic acids is 1. The van der Waals surface area contributed by atoms with Crippen LogP contribution in [0.1, 0.15) is 52.9 Å². The van der Waals surface area contributed by atoms with Crippen LogP contribution < -0.4 is 0 Å². The van der Waals surface area contributed by atoms with E-state index in [9.17, 15) is 15.0 Å². The van der Waals surface area contributed by atoms with Crippen LogP contribution in [0.4, 0.5) is 0 Å². The van der Waals surface area contributed by atoms with Gasteiger partial charge in [-0.1, -0.05) is 38.8 Å². The van der Waals surface area contributed by atoms with Crippen LogP contribution >= 0.6 is 0 Å². The van der Waals surface area contributed by atoms with Crippen molar-refractivity contribution >= 4 is 5.78 Å². The standard InChI is InChI=1S/C15H24O3/c1-14(2,3)13(18)15-7-5-4-6-10(15)8-11(16)12(17)9-15/h8,11-12,16-17H,4-7,9H2,1-3H3/t11-,12-,15-/m1/s1. The zero-order valence-corrected chi connectivity index (χ0v) is 11.6. The Labute approximate surface area is 109 Å². The highest BCUT2D eigenvalue weighted by molar-refractivity contribution is 5.92. The molecular formula is C15H24O3. The molecular weight excluding hydrogens is 228 g/mol. The lowest BCUT2D eigenvalue weighted by Crippen LogP contribution is -2.49. The van der Waals surface area contributed by atoms with Crippen LogP contribution in [0.25, 0.3) is 0 Å². The molecule has 2 rings (SSSR count). The predicted molar refractivity (Wildman–Crippen MR) is 70.1 cm³/mol. The smallest absolute Gasteiger partial charge is 0.148 e. The summed E-state index contributed by atoms with van der Waals surface area (Å²) in [6.07, 6.45) is 4.31. The second kappa shape index (κ2) is 4.46. The molecule has 0 aromatic rings. The molecule has 1 fully saturated rings. The van der Waals surface area contributed by atoms with Gasteiger partial charge >= 0.3 is 0 Å². The fourth-order valence-electron chi connectivity index (χ4n) is 3.48. The van der Waals surface area contributed by atoms with Gasteiger partial charge in [0.1, 0.15) is 5.78 Å². The van der Waals surface area contributed by atoms with Gasteiger partial charge in [-0.05, 0) is 25.7 Å². The normalized spacial score (nSPS) is 36.8. The van der Waals surface area contributed by atoms with E-state index in [2.05, 4.69) is 0 Å². The monoisotopic (exact) mass is 252 g/mol. The zero-order chi connectivity index (χ0) is 13.6. The minimum atomic E-state index is -0.807. The van der Waals surface area contributed by atoms with Crippen molar-refractivity contribution in [2.24, 2.45) is 10.8 Å². The van der Waals surface area contributed by atoms with Gasteiger partial charge in [-0.25, -0.2) is 0 Å². The first-order valence-electron chi connectivity index (χ1n) is 6.89. The van der Waals surface area contributed by atoms with Gasteiger partial charge < -0.3 is 10.2 Å². The Morgan fingerprint density at radius 2 is 2.00 bits per heavy atom. The Morgan fingerprint density at radius 3 is 2.61 bits per heavy atom. The third kappa shape index (κ3) is 2.14. The molecule has 0 saturated heterocycles. The maximum Gasteiger partial charge on any atom is 0.148 e. The van der Waals surface area contributed by atoms with Crippen LogP contribution in [0.3, 0.4) is 0 Å². The SMILES string of the molecule is CC(C)(C)C(=O)[C@@]12CCCCC1=C[C@@H](O)[C@H](O)C2. The number of aliphatic hydroxyl groups excluding tert-OH is 2. The number of carbonyl (C=O) groups is 1. The van der Waals surface area contributed by atoms with Crippen LogP contribution in [0, 0.1) is 10.8 Å². The van der Waals surface area contributed by atoms with Gasteiger partial charge in [-0.3, -0.25) is 4.79 Å². The van der Waals surface area contributed by atoms with Crippen molar-refractivity contribution in [1.29, 1.82) is 0 Å². The Kier molecular flexibility index (Phi) is 3.41. The highest BCUT2D eigenvalue weighted by Gasteiger charge is 2.50. The van der Waals surface area contributed by atoms with Crippen LogP contribution in [-0.2, 0) is 4.79 Å². The zero-order valence-electron chi connectivity index (χ0n) is 11.6. The fraction of sp³-hybridized carbons (Fsp3) is 0.800. The van der Waals surface area contributed by atoms with E-state index < -0.39 is 23.0 Å². The lowest BCUT2D eigenvalue weighted by atomic mass is 9.57. The minimum Gasteiger partial charge on any atom is -0.390 e. The summed E-state index contributed by atoms with van der Waals surface area (Å²) in [7, 11) is 0. The molecule has 2 N–H and O–H groups in total. The molecule has 3 nitrogen and oxygen atoms in total. The molecule has 3 heteroatoms. The number of hydrogen-bond acceptors (Lipinski definition) is 3. The van der Waals surface area contributed by atoms with Crippen LogP contribution in [0.2, 0.25) is 0 Å². The summed E-state index contributed by atoms with van der Waals surface area (Å²) >= 11 is 0. The minimum absolute atomic E-state index is 0.215. The van der Waals surface area contributed by atoms with E-state index >= 15 is 0 Å². The van der Waals surface area contributed by atoms with Crippen LogP contribution in [0.5, 0.6) is 0 Å². The van der Waals surface area contributed by atoms with Gasteiger partial charge in [-0.15, -0.1) is 0 Å². The number of ketones is 1. The molecule has 18 heavy (non-hydrogen) atoms. The number of hydrogen-bond donors (Lipinski definition) is 2. The summed E-state index contributed by atoms with van der Waals surface area (Å²) in [5, 5.41) is 19.7. The van der Waals surface area contributed by atoms with Crippen molar-refractivity contribution in [3.8, 4) is 0 Å². The third-order valence-electron chi connectivity index (χ3n) is 4.35. The first kappa shape index (κ1) is 13.8. The molecule has 0 unspecified atom stereocenters. The number of fused-ring (bicyclic) bond motifs is 1. The van der Waals surface area contributed by atoms with Crippen molar-refractivity contribution in [3.05, 3.63) is 11.6 Å². The summed E-state index contributed by atoms with van der Waals surface area (Å²) in [5.41, 5.74) is 0.139. The number of aliphatic hydroxyl groups is 2. The van der Waals surface area contributed by atoms with Crippen molar-refractivity contribution in [3.63, 3.8) is 0 Å². The maximum atomic E-state index is 12.8. The maximum absolute atomic E-state index is 12.8. The quantitative estimate of drug-likeness (QED) is 0.703. The first-order chi connectivity index (χ1) is 8.27.